The molecule has 0 saturated heterocycles. The van der Waals surface area contributed by atoms with E-state index >= 15 is 0 Å². The lowest BCUT2D eigenvalue weighted by atomic mass is 10.1. The summed E-state index contributed by atoms with van der Waals surface area (Å²) in [6.07, 6.45) is 2.67. The Labute approximate surface area is 74.8 Å². The van der Waals surface area contributed by atoms with Crippen LogP contribution in [-0.4, -0.2) is 12.7 Å². The predicted molar refractivity (Wildman–Crippen MR) is 49.7 cm³/mol. The number of rotatable bonds is 6. The lowest BCUT2D eigenvalue weighted by molar-refractivity contribution is 0.0924. The number of hydrogen-bond acceptors (Lipinski definition) is 2. The molecule has 0 amide bonds. The summed E-state index contributed by atoms with van der Waals surface area (Å²) in [5, 5.41) is 8.27. The second-order valence-corrected chi connectivity index (χ2v) is 2.83. The fourth-order valence-electron chi connectivity index (χ4n) is 0.924. The highest BCUT2D eigenvalue weighted by Gasteiger charge is 2.04. The maximum atomic E-state index is 8.27. The summed E-state index contributed by atoms with van der Waals surface area (Å²) < 4.78 is 5.37. The Bertz CT molecular complexity index is 169. The van der Waals surface area contributed by atoms with Crippen molar-refractivity contribution in [1.29, 1.82) is 5.26 Å². The van der Waals surface area contributed by atoms with Gasteiger partial charge in [-0.2, -0.15) is 5.26 Å². The molecule has 12 heavy (non-hydrogen) atoms. The molecule has 0 aromatic rings. The standard InChI is InChI=1S/C10H17NO/c1-4-6-9(2)10(3)12-8-5-7-11/h10H,2,4-6,8H2,1,3H3. The summed E-state index contributed by atoms with van der Waals surface area (Å²) in [7, 11) is 0. The van der Waals surface area contributed by atoms with Gasteiger partial charge in [-0.15, -0.1) is 0 Å². The molecule has 68 valence electrons. The quantitative estimate of drug-likeness (QED) is 0.450. The first-order valence-electron chi connectivity index (χ1n) is 4.38. The summed E-state index contributed by atoms with van der Waals surface area (Å²) in [5.74, 6) is 0. The van der Waals surface area contributed by atoms with Gasteiger partial charge in [0.25, 0.3) is 0 Å². The van der Waals surface area contributed by atoms with Crippen LogP contribution in [0.25, 0.3) is 0 Å². The summed E-state index contributed by atoms with van der Waals surface area (Å²) in [5.41, 5.74) is 1.12. The molecule has 0 radical (unpaired) electrons. The monoisotopic (exact) mass is 167 g/mol. The maximum absolute atomic E-state index is 8.27. The first-order valence-corrected chi connectivity index (χ1v) is 4.38. The molecule has 0 aromatic heterocycles. The minimum atomic E-state index is 0.0956. The zero-order valence-corrected chi connectivity index (χ0v) is 7.97. The molecule has 2 heteroatoms. The highest BCUT2D eigenvalue weighted by Crippen LogP contribution is 2.10. The fraction of sp³-hybridized carbons (Fsp3) is 0.700. The van der Waals surface area contributed by atoms with Crippen LogP contribution in [0.3, 0.4) is 0 Å². The SMILES string of the molecule is C=C(CCC)C(C)OCCC#N. The molecule has 0 aromatic carbocycles. The van der Waals surface area contributed by atoms with Crippen molar-refractivity contribution < 1.29 is 4.74 Å². The van der Waals surface area contributed by atoms with Crippen LogP contribution < -0.4 is 0 Å². The Kier molecular flexibility index (Phi) is 6.41. The van der Waals surface area contributed by atoms with Crippen molar-refractivity contribution in [3.05, 3.63) is 12.2 Å². The van der Waals surface area contributed by atoms with Crippen LogP contribution in [0.15, 0.2) is 12.2 Å². The number of nitrogens with zero attached hydrogens (tertiary/aromatic N) is 1. The molecule has 0 bridgehead atoms. The van der Waals surface area contributed by atoms with Gasteiger partial charge in [-0.25, -0.2) is 0 Å². The maximum Gasteiger partial charge on any atom is 0.0754 e. The molecule has 0 aliphatic heterocycles. The predicted octanol–water partition coefficient (Wildman–Crippen LogP) is 2.66. The first-order chi connectivity index (χ1) is 5.72. The second-order valence-electron chi connectivity index (χ2n) is 2.83. The number of hydrogen-bond donors (Lipinski definition) is 0. The van der Waals surface area contributed by atoms with Crippen LogP contribution in [0, 0.1) is 11.3 Å². The van der Waals surface area contributed by atoms with Crippen molar-refractivity contribution in [2.24, 2.45) is 0 Å². The third-order valence-electron chi connectivity index (χ3n) is 1.73. The van der Waals surface area contributed by atoms with Crippen LogP contribution in [0.5, 0.6) is 0 Å². The molecular weight excluding hydrogens is 150 g/mol. The van der Waals surface area contributed by atoms with E-state index in [1.807, 2.05) is 13.0 Å². The minimum Gasteiger partial charge on any atom is -0.373 e. The average molecular weight is 167 g/mol. The molecule has 1 unspecified atom stereocenters. The van der Waals surface area contributed by atoms with Crippen molar-refractivity contribution >= 4 is 0 Å². The van der Waals surface area contributed by atoms with Crippen molar-refractivity contribution in [3.8, 4) is 6.07 Å². The van der Waals surface area contributed by atoms with Gasteiger partial charge in [-0.3, -0.25) is 0 Å². The Morgan fingerprint density at radius 2 is 2.33 bits per heavy atom. The van der Waals surface area contributed by atoms with Crippen LogP contribution in [0.4, 0.5) is 0 Å². The topological polar surface area (TPSA) is 33.0 Å². The van der Waals surface area contributed by atoms with Crippen molar-refractivity contribution in [3.63, 3.8) is 0 Å². The Balaban J connectivity index is 3.51. The average Bonchev–Trinajstić information content (AvgIpc) is 2.05. The van der Waals surface area contributed by atoms with Gasteiger partial charge >= 0.3 is 0 Å². The van der Waals surface area contributed by atoms with Gasteiger partial charge in [0.1, 0.15) is 0 Å². The Morgan fingerprint density at radius 3 is 2.83 bits per heavy atom. The van der Waals surface area contributed by atoms with Crippen LogP contribution in [0.2, 0.25) is 0 Å². The van der Waals surface area contributed by atoms with Gasteiger partial charge in [-0.1, -0.05) is 19.9 Å². The fourth-order valence-corrected chi connectivity index (χ4v) is 0.924. The van der Waals surface area contributed by atoms with E-state index in [1.165, 1.54) is 0 Å². The van der Waals surface area contributed by atoms with E-state index in [-0.39, 0.29) is 6.10 Å². The van der Waals surface area contributed by atoms with E-state index in [2.05, 4.69) is 13.5 Å². The zero-order chi connectivity index (χ0) is 9.40. The first kappa shape index (κ1) is 11.2. The second kappa shape index (κ2) is 6.87. The van der Waals surface area contributed by atoms with E-state index in [0.29, 0.717) is 13.0 Å². The van der Waals surface area contributed by atoms with Crippen LogP contribution in [-0.2, 0) is 4.74 Å². The third kappa shape index (κ3) is 4.92. The molecular formula is C10H17NO. The highest BCUT2D eigenvalue weighted by molar-refractivity contribution is 5.00. The third-order valence-corrected chi connectivity index (χ3v) is 1.73. The van der Waals surface area contributed by atoms with Gasteiger partial charge in [0, 0.05) is 0 Å². The molecule has 0 rings (SSSR count). The molecule has 0 N–H and O–H groups in total. The summed E-state index contributed by atoms with van der Waals surface area (Å²) >= 11 is 0. The largest absolute Gasteiger partial charge is 0.373 e. The smallest absolute Gasteiger partial charge is 0.0754 e. The lowest BCUT2D eigenvalue weighted by Gasteiger charge is -2.13. The molecule has 1 atom stereocenters. The van der Waals surface area contributed by atoms with Gasteiger partial charge in [0.15, 0.2) is 0 Å². The number of ether oxygens (including phenoxy) is 1. The molecule has 2 nitrogen and oxygen atoms in total. The van der Waals surface area contributed by atoms with E-state index < -0.39 is 0 Å². The Hall–Kier alpha value is -0.810. The zero-order valence-electron chi connectivity index (χ0n) is 7.97. The van der Waals surface area contributed by atoms with Crippen molar-refractivity contribution in [1.82, 2.24) is 0 Å². The van der Waals surface area contributed by atoms with Crippen molar-refractivity contribution in [2.75, 3.05) is 6.61 Å². The van der Waals surface area contributed by atoms with Gasteiger partial charge < -0.3 is 4.74 Å². The summed E-state index contributed by atoms with van der Waals surface area (Å²) in [4.78, 5) is 0. The molecule has 0 fully saturated rings. The van der Waals surface area contributed by atoms with E-state index in [4.69, 9.17) is 10.00 Å². The molecule has 0 heterocycles. The molecule has 0 saturated carbocycles. The Morgan fingerprint density at radius 1 is 1.67 bits per heavy atom. The van der Waals surface area contributed by atoms with E-state index in [0.717, 1.165) is 18.4 Å². The van der Waals surface area contributed by atoms with Gasteiger partial charge in [0.05, 0.1) is 25.2 Å². The molecule has 0 spiro atoms. The molecule has 0 aliphatic carbocycles. The summed E-state index contributed by atoms with van der Waals surface area (Å²) in [6.45, 7) is 8.53. The highest BCUT2D eigenvalue weighted by atomic mass is 16.5. The minimum absolute atomic E-state index is 0.0956. The van der Waals surface area contributed by atoms with E-state index in [9.17, 15) is 0 Å². The van der Waals surface area contributed by atoms with Gasteiger partial charge in [-0.05, 0) is 18.9 Å². The van der Waals surface area contributed by atoms with Crippen LogP contribution >= 0.6 is 0 Å². The summed E-state index contributed by atoms with van der Waals surface area (Å²) in [6, 6.07) is 2.04. The molecule has 0 aliphatic rings. The van der Waals surface area contributed by atoms with E-state index in [1.54, 1.807) is 0 Å². The normalized spacial score (nSPS) is 12.1. The van der Waals surface area contributed by atoms with Crippen molar-refractivity contribution in [2.45, 2.75) is 39.2 Å². The lowest BCUT2D eigenvalue weighted by Crippen LogP contribution is -2.11. The number of nitriles is 1. The van der Waals surface area contributed by atoms with Crippen LogP contribution in [0.1, 0.15) is 33.1 Å². The van der Waals surface area contributed by atoms with Gasteiger partial charge in [0.2, 0.25) is 0 Å².